The van der Waals surface area contributed by atoms with E-state index in [1.54, 1.807) is 12.1 Å². The lowest BCUT2D eigenvalue weighted by molar-refractivity contribution is 0.521. The second-order valence-corrected chi connectivity index (χ2v) is 10.1. The Hall–Kier alpha value is -1.90. The molecular formula is C18H24N2O4S2. The van der Waals surface area contributed by atoms with Gasteiger partial charge in [-0.2, -0.15) is 0 Å². The monoisotopic (exact) mass is 396 g/mol. The van der Waals surface area contributed by atoms with Gasteiger partial charge in [0.25, 0.3) is 10.0 Å². The maximum absolute atomic E-state index is 12.5. The SMILES string of the molecule is CC[C@@H](C)c1ccc(S(=O)(=O)Nc2ccc(S(=O)(=O)N(C)C)cc2)cc1. The fourth-order valence-electron chi connectivity index (χ4n) is 2.33. The first-order valence-corrected chi connectivity index (χ1v) is 11.2. The van der Waals surface area contributed by atoms with Crippen LogP contribution in [0.1, 0.15) is 31.7 Å². The van der Waals surface area contributed by atoms with E-state index >= 15 is 0 Å². The molecule has 0 radical (unpaired) electrons. The molecule has 0 spiro atoms. The van der Waals surface area contributed by atoms with Gasteiger partial charge in [0.05, 0.1) is 9.79 Å². The maximum Gasteiger partial charge on any atom is 0.261 e. The number of hydrogen-bond donors (Lipinski definition) is 1. The second kappa shape index (κ2) is 7.77. The van der Waals surface area contributed by atoms with Gasteiger partial charge in [-0.3, -0.25) is 4.72 Å². The Bertz CT molecular complexity index is 949. The normalized spacial score (nSPS) is 13.6. The van der Waals surface area contributed by atoms with Crippen molar-refractivity contribution >= 4 is 25.7 Å². The molecule has 8 heteroatoms. The van der Waals surface area contributed by atoms with Gasteiger partial charge >= 0.3 is 0 Å². The number of rotatable bonds is 7. The molecule has 0 aromatic heterocycles. The standard InChI is InChI=1S/C18H24N2O4S2/c1-5-14(2)15-6-10-17(11-7-15)25(21,22)19-16-8-12-18(13-9-16)26(23,24)20(3)4/h6-14,19H,5H2,1-4H3/t14-/m1/s1. The average molecular weight is 397 g/mol. The largest absolute Gasteiger partial charge is 0.280 e. The second-order valence-electron chi connectivity index (χ2n) is 6.30. The van der Waals surface area contributed by atoms with Crippen LogP contribution in [0.5, 0.6) is 0 Å². The van der Waals surface area contributed by atoms with Crippen molar-refractivity contribution in [3.05, 3.63) is 54.1 Å². The van der Waals surface area contributed by atoms with Gasteiger partial charge in [0.2, 0.25) is 10.0 Å². The van der Waals surface area contributed by atoms with Crippen molar-refractivity contribution in [2.24, 2.45) is 0 Å². The molecule has 0 aliphatic carbocycles. The van der Waals surface area contributed by atoms with Crippen LogP contribution in [0.25, 0.3) is 0 Å². The summed E-state index contributed by atoms with van der Waals surface area (Å²) in [5, 5.41) is 0. The molecular weight excluding hydrogens is 372 g/mol. The number of hydrogen-bond acceptors (Lipinski definition) is 4. The highest BCUT2D eigenvalue weighted by Crippen LogP contribution is 2.23. The molecule has 0 saturated heterocycles. The topological polar surface area (TPSA) is 83.5 Å². The Morgan fingerprint density at radius 1 is 0.885 bits per heavy atom. The fraction of sp³-hybridized carbons (Fsp3) is 0.333. The average Bonchev–Trinajstić information content (AvgIpc) is 2.61. The summed E-state index contributed by atoms with van der Waals surface area (Å²) < 4.78 is 52.7. The summed E-state index contributed by atoms with van der Waals surface area (Å²) in [6, 6.07) is 12.4. The quantitative estimate of drug-likeness (QED) is 0.779. The molecule has 142 valence electrons. The molecule has 0 aliphatic heterocycles. The highest BCUT2D eigenvalue weighted by atomic mass is 32.2. The van der Waals surface area contributed by atoms with E-state index < -0.39 is 20.0 Å². The van der Waals surface area contributed by atoms with Gasteiger partial charge < -0.3 is 0 Å². The molecule has 0 saturated carbocycles. The molecule has 0 amide bonds. The van der Waals surface area contributed by atoms with Crippen LogP contribution < -0.4 is 4.72 Å². The molecule has 0 fully saturated rings. The number of nitrogens with one attached hydrogen (secondary N) is 1. The number of anilines is 1. The van der Waals surface area contributed by atoms with Crippen LogP contribution in [0.3, 0.4) is 0 Å². The first-order valence-electron chi connectivity index (χ1n) is 8.23. The third-order valence-corrected chi connectivity index (χ3v) is 7.48. The van der Waals surface area contributed by atoms with Gasteiger partial charge in [-0.15, -0.1) is 0 Å². The molecule has 2 aromatic carbocycles. The zero-order valence-corrected chi connectivity index (χ0v) is 16.9. The van der Waals surface area contributed by atoms with Crippen molar-refractivity contribution in [3.63, 3.8) is 0 Å². The Kier molecular flexibility index (Phi) is 6.10. The van der Waals surface area contributed by atoms with E-state index in [0.29, 0.717) is 11.6 Å². The van der Waals surface area contributed by atoms with Crippen LogP contribution >= 0.6 is 0 Å². The summed E-state index contributed by atoms with van der Waals surface area (Å²) in [7, 11) is -4.41. The van der Waals surface area contributed by atoms with Crippen molar-refractivity contribution < 1.29 is 16.8 Å². The lowest BCUT2D eigenvalue weighted by Gasteiger charge is -2.13. The highest BCUT2D eigenvalue weighted by Gasteiger charge is 2.18. The van der Waals surface area contributed by atoms with Crippen molar-refractivity contribution in [1.82, 2.24) is 4.31 Å². The molecule has 0 heterocycles. The van der Waals surface area contributed by atoms with Crippen LogP contribution in [-0.2, 0) is 20.0 Å². The Labute approximate surface area is 156 Å². The summed E-state index contributed by atoms with van der Waals surface area (Å²) in [6.45, 7) is 4.17. The zero-order chi connectivity index (χ0) is 19.5. The lowest BCUT2D eigenvalue weighted by Crippen LogP contribution is -2.22. The van der Waals surface area contributed by atoms with Crippen molar-refractivity contribution in [1.29, 1.82) is 0 Å². The Morgan fingerprint density at radius 2 is 1.38 bits per heavy atom. The minimum absolute atomic E-state index is 0.100. The minimum Gasteiger partial charge on any atom is -0.280 e. The van der Waals surface area contributed by atoms with E-state index in [1.807, 2.05) is 12.1 Å². The fourth-order valence-corrected chi connectivity index (χ4v) is 4.29. The van der Waals surface area contributed by atoms with E-state index in [0.717, 1.165) is 16.3 Å². The molecule has 2 aromatic rings. The first kappa shape index (κ1) is 20.4. The molecule has 26 heavy (non-hydrogen) atoms. The molecule has 2 rings (SSSR count). The molecule has 1 N–H and O–H groups in total. The predicted octanol–water partition coefficient (Wildman–Crippen LogP) is 3.25. The van der Waals surface area contributed by atoms with Crippen LogP contribution in [0, 0.1) is 0 Å². The van der Waals surface area contributed by atoms with Crippen LogP contribution in [0.4, 0.5) is 5.69 Å². The van der Waals surface area contributed by atoms with Crippen molar-refractivity contribution in [2.75, 3.05) is 18.8 Å². The van der Waals surface area contributed by atoms with E-state index in [9.17, 15) is 16.8 Å². The molecule has 6 nitrogen and oxygen atoms in total. The third kappa shape index (κ3) is 4.44. The van der Waals surface area contributed by atoms with Crippen LogP contribution in [0.2, 0.25) is 0 Å². The van der Waals surface area contributed by atoms with E-state index in [1.165, 1.54) is 38.4 Å². The number of nitrogens with zero attached hydrogens (tertiary/aromatic N) is 1. The predicted molar refractivity (Wildman–Crippen MR) is 103 cm³/mol. The summed E-state index contributed by atoms with van der Waals surface area (Å²) in [6.07, 6.45) is 0.979. The van der Waals surface area contributed by atoms with Gasteiger partial charge in [-0.05, 0) is 54.3 Å². The summed E-state index contributed by atoms with van der Waals surface area (Å²) in [5.41, 5.74) is 1.39. The van der Waals surface area contributed by atoms with Gasteiger partial charge in [0.15, 0.2) is 0 Å². The van der Waals surface area contributed by atoms with Gasteiger partial charge in [-0.25, -0.2) is 21.1 Å². The van der Waals surface area contributed by atoms with Gasteiger partial charge in [0, 0.05) is 19.8 Å². The summed E-state index contributed by atoms with van der Waals surface area (Å²) in [4.78, 5) is 0.262. The number of benzene rings is 2. The van der Waals surface area contributed by atoms with Crippen molar-refractivity contribution in [3.8, 4) is 0 Å². The van der Waals surface area contributed by atoms with Crippen molar-refractivity contribution in [2.45, 2.75) is 36.0 Å². The summed E-state index contributed by atoms with van der Waals surface area (Å²) in [5.74, 6) is 0.367. The molecule has 0 bridgehead atoms. The van der Waals surface area contributed by atoms with E-state index in [-0.39, 0.29) is 9.79 Å². The van der Waals surface area contributed by atoms with Crippen LogP contribution in [-0.4, -0.2) is 35.2 Å². The van der Waals surface area contributed by atoms with E-state index in [2.05, 4.69) is 18.6 Å². The maximum atomic E-state index is 12.5. The molecule has 1 atom stereocenters. The zero-order valence-electron chi connectivity index (χ0n) is 15.3. The lowest BCUT2D eigenvalue weighted by atomic mass is 9.99. The Morgan fingerprint density at radius 3 is 1.85 bits per heavy atom. The van der Waals surface area contributed by atoms with Gasteiger partial charge in [0.1, 0.15) is 0 Å². The minimum atomic E-state index is -3.74. The smallest absolute Gasteiger partial charge is 0.261 e. The first-order chi connectivity index (χ1) is 12.1. The van der Waals surface area contributed by atoms with E-state index in [4.69, 9.17) is 0 Å². The van der Waals surface area contributed by atoms with Crippen LogP contribution in [0.15, 0.2) is 58.3 Å². The Balaban J connectivity index is 2.22. The number of sulfonamides is 2. The highest BCUT2D eigenvalue weighted by molar-refractivity contribution is 7.92. The van der Waals surface area contributed by atoms with Gasteiger partial charge in [-0.1, -0.05) is 26.0 Å². The summed E-state index contributed by atoms with van der Waals surface area (Å²) >= 11 is 0. The third-order valence-electron chi connectivity index (χ3n) is 4.26. The molecule has 0 aliphatic rings. The molecule has 0 unspecified atom stereocenters.